The highest BCUT2D eigenvalue weighted by Gasteiger charge is 2.47. The maximum absolute atomic E-state index is 4.66. The van der Waals surface area contributed by atoms with Crippen molar-refractivity contribution in [2.75, 3.05) is 0 Å². The van der Waals surface area contributed by atoms with Crippen LogP contribution in [-0.2, 0) is 0 Å². The van der Waals surface area contributed by atoms with Crippen LogP contribution in [0.15, 0.2) is 28.8 Å². The molecule has 2 nitrogen and oxygen atoms in total. The molecule has 2 rings (SSSR count). The minimum Gasteiger partial charge on any atom is -0.282 e. The molecule has 76 valence electrons. The molecule has 0 bridgehead atoms. The minimum absolute atomic E-state index is 0.0700. The van der Waals surface area contributed by atoms with E-state index < -0.39 is 0 Å². The van der Waals surface area contributed by atoms with Crippen molar-refractivity contribution < 1.29 is 0 Å². The number of hydrogen-bond acceptors (Lipinski definition) is 2. The lowest BCUT2D eigenvalue weighted by molar-refractivity contribution is 0.380. The summed E-state index contributed by atoms with van der Waals surface area (Å²) in [5, 5.41) is 0. The molecule has 1 aliphatic heterocycles. The third-order valence-corrected chi connectivity index (χ3v) is 6.16. The number of fused-ring (bicyclic) bond motifs is 1. The summed E-state index contributed by atoms with van der Waals surface area (Å²) in [6.45, 7) is 4.49. The second-order valence-corrected chi connectivity index (χ2v) is 5.63. The Balaban J connectivity index is 2.45. The summed E-state index contributed by atoms with van der Waals surface area (Å²) in [6, 6.07) is 0.297. The largest absolute Gasteiger partial charge is 0.282 e. The lowest BCUT2D eigenvalue weighted by Gasteiger charge is -2.38. The zero-order chi connectivity index (χ0) is 10.3. The molecule has 1 heterocycles. The summed E-state index contributed by atoms with van der Waals surface area (Å²) in [4.78, 5) is 4.66. The topological polar surface area (TPSA) is 15.6 Å². The number of rotatable bonds is 1. The Hall–Kier alpha value is 0.410. The molecule has 0 spiro atoms. The summed E-state index contributed by atoms with van der Waals surface area (Å²) in [6.07, 6.45) is 7.65. The van der Waals surface area contributed by atoms with Crippen LogP contribution in [0, 0.1) is 0 Å². The molecule has 0 radical (unpaired) electrons. The SMILES string of the molecule is CCC1=CC=CC2N=C(I)N(I)C12C. The highest BCUT2D eigenvalue weighted by atomic mass is 127. The first-order chi connectivity index (χ1) is 6.60. The van der Waals surface area contributed by atoms with Crippen LogP contribution in [0.25, 0.3) is 0 Å². The predicted molar refractivity (Wildman–Crippen MR) is 77.0 cm³/mol. The standard InChI is InChI=1S/C10H12I2N2/c1-3-7-5-4-6-8-10(7,2)14(12)9(11)13-8/h4-6,8H,3H2,1-2H3. The average molecular weight is 414 g/mol. The van der Waals surface area contributed by atoms with Crippen molar-refractivity contribution >= 4 is 49.3 Å². The number of aliphatic imine (C=N–C) groups is 1. The van der Waals surface area contributed by atoms with Gasteiger partial charge in [-0.25, -0.2) is 0 Å². The fraction of sp³-hybridized carbons (Fsp3) is 0.500. The predicted octanol–water partition coefficient (Wildman–Crippen LogP) is 3.48. The van der Waals surface area contributed by atoms with Crippen LogP contribution < -0.4 is 0 Å². The van der Waals surface area contributed by atoms with Crippen LogP contribution in [0.5, 0.6) is 0 Å². The van der Waals surface area contributed by atoms with E-state index in [0.29, 0.717) is 6.04 Å². The van der Waals surface area contributed by atoms with Crippen molar-refractivity contribution in [3.8, 4) is 0 Å². The Kier molecular flexibility index (Phi) is 2.94. The van der Waals surface area contributed by atoms with Crippen LogP contribution in [-0.4, -0.2) is 18.5 Å². The second kappa shape index (κ2) is 3.77. The van der Waals surface area contributed by atoms with Crippen LogP contribution >= 0.6 is 45.5 Å². The van der Waals surface area contributed by atoms with Gasteiger partial charge in [0.05, 0.1) is 34.4 Å². The highest BCUT2D eigenvalue weighted by Crippen LogP contribution is 2.43. The third-order valence-electron chi connectivity index (χ3n) is 3.01. The van der Waals surface area contributed by atoms with E-state index >= 15 is 0 Å². The highest BCUT2D eigenvalue weighted by molar-refractivity contribution is 14.1. The zero-order valence-electron chi connectivity index (χ0n) is 8.17. The van der Waals surface area contributed by atoms with Gasteiger partial charge in [0.2, 0.25) is 0 Å². The molecule has 0 fully saturated rings. The van der Waals surface area contributed by atoms with E-state index in [1.165, 1.54) is 5.57 Å². The van der Waals surface area contributed by atoms with Gasteiger partial charge in [-0.2, -0.15) is 0 Å². The van der Waals surface area contributed by atoms with Gasteiger partial charge in [0.15, 0.2) is 3.84 Å². The van der Waals surface area contributed by atoms with E-state index in [1.54, 1.807) is 0 Å². The maximum Gasteiger partial charge on any atom is 0.172 e. The van der Waals surface area contributed by atoms with Gasteiger partial charge < -0.3 is 0 Å². The normalized spacial score (nSPS) is 35.4. The second-order valence-electron chi connectivity index (χ2n) is 3.70. The number of nitrogens with zero attached hydrogens (tertiary/aromatic N) is 2. The zero-order valence-corrected chi connectivity index (χ0v) is 12.5. The monoisotopic (exact) mass is 414 g/mol. The van der Waals surface area contributed by atoms with Gasteiger partial charge in [-0.05, 0) is 41.5 Å². The molecule has 2 unspecified atom stereocenters. The van der Waals surface area contributed by atoms with E-state index in [4.69, 9.17) is 0 Å². The first kappa shape index (κ1) is 10.9. The Bertz CT molecular complexity index is 346. The molecule has 4 heteroatoms. The molecule has 0 N–H and O–H groups in total. The van der Waals surface area contributed by atoms with Crippen molar-refractivity contribution in [1.82, 2.24) is 3.11 Å². The maximum atomic E-state index is 4.66. The number of allylic oxidation sites excluding steroid dienone is 2. The van der Waals surface area contributed by atoms with E-state index in [1.807, 2.05) is 0 Å². The van der Waals surface area contributed by atoms with Crippen molar-refractivity contribution in [1.29, 1.82) is 0 Å². The fourth-order valence-electron chi connectivity index (χ4n) is 2.07. The van der Waals surface area contributed by atoms with Crippen molar-refractivity contribution in [2.24, 2.45) is 4.99 Å². The summed E-state index contributed by atoms with van der Waals surface area (Å²) in [5.74, 6) is 0. The molecule has 1 aliphatic carbocycles. The molecule has 2 aliphatic rings. The number of halogens is 2. The smallest absolute Gasteiger partial charge is 0.172 e. The lowest BCUT2D eigenvalue weighted by Crippen LogP contribution is -2.46. The van der Waals surface area contributed by atoms with Crippen LogP contribution in [0.1, 0.15) is 20.3 Å². The molecule has 0 amide bonds. The van der Waals surface area contributed by atoms with Gasteiger partial charge in [0, 0.05) is 0 Å². The molecule has 2 atom stereocenters. The third kappa shape index (κ3) is 1.36. The number of amidine groups is 1. The summed E-state index contributed by atoms with van der Waals surface area (Å²) >= 11 is 4.67. The van der Waals surface area contributed by atoms with Gasteiger partial charge in [0.25, 0.3) is 0 Å². The Morgan fingerprint density at radius 2 is 2.36 bits per heavy atom. The first-order valence-electron chi connectivity index (χ1n) is 4.68. The molecule has 0 aromatic carbocycles. The molecule has 0 saturated heterocycles. The van der Waals surface area contributed by atoms with Gasteiger partial charge in [-0.15, -0.1) is 0 Å². The van der Waals surface area contributed by atoms with Crippen LogP contribution in [0.3, 0.4) is 0 Å². The molecule has 0 aromatic rings. The van der Waals surface area contributed by atoms with Crippen LogP contribution in [0.4, 0.5) is 0 Å². The lowest BCUT2D eigenvalue weighted by atomic mass is 9.81. The fourth-order valence-corrected chi connectivity index (χ4v) is 3.59. The van der Waals surface area contributed by atoms with Gasteiger partial charge in [-0.1, -0.05) is 25.2 Å². The average Bonchev–Trinajstić information content (AvgIpc) is 2.40. The van der Waals surface area contributed by atoms with Crippen molar-refractivity contribution in [3.05, 3.63) is 23.8 Å². The van der Waals surface area contributed by atoms with Crippen molar-refractivity contribution in [2.45, 2.75) is 31.8 Å². The Morgan fingerprint density at radius 1 is 1.64 bits per heavy atom. The van der Waals surface area contributed by atoms with E-state index in [9.17, 15) is 0 Å². The molecule has 0 saturated carbocycles. The van der Waals surface area contributed by atoms with E-state index in [2.05, 4.69) is 85.6 Å². The van der Waals surface area contributed by atoms with Gasteiger partial charge >= 0.3 is 0 Å². The quantitative estimate of drug-likeness (QED) is 0.365. The molecular formula is C10H12I2N2. The molecular weight excluding hydrogens is 402 g/mol. The minimum atomic E-state index is 0.0700. The summed E-state index contributed by atoms with van der Waals surface area (Å²) < 4.78 is 3.36. The van der Waals surface area contributed by atoms with Crippen LogP contribution in [0.2, 0.25) is 0 Å². The molecule has 0 aromatic heterocycles. The summed E-state index contributed by atoms with van der Waals surface area (Å²) in [5.41, 5.74) is 1.54. The first-order valence-corrected chi connectivity index (χ1v) is 6.72. The number of hydrogen-bond donors (Lipinski definition) is 0. The molecule has 14 heavy (non-hydrogen) atoms. The Labute approximate surface area is 112 Å². The van der Waals surface area contributed by atoms with E-state index in [0.717, 1.165) is 10.3 Å². The Morgan fingerprint density at radius 3 is 3.00 bits per heavy atom. The van der Waals surface area contributed by atoms with Crippen molar-refractivity contribution in [3.63, 3.8) is 0 Å². The summed E-state index contributed by atoms with van der Waals surface area (Å²) in [7, 11) is 0. The van der Waals surface area contributed by atoms with E-state index in [-0.39, 0.29) is 5.54 Å². The van der Waals surface area contributed by atoms with Gasteiger partial charge in [-0.3, -0.25) is 8.11 Å². The van der Waals surface area contributed by atoms with Gasteiger partial charge in [0.1, 0.15) is 0 Å².